The van der Waals surface area contributed by atoms with Crippen LogP contribution in [0.1, 0.15) is 6.92 Å². The fourth-order valence-electron chi connectivity index (χ4n) is 1.67. The summed E-state index contributed by atoms with van der Waals surface area (Å²) in [6.45, 7) is 2.52. The molecular weight excluding hydrogens is 240 g/mol. The van der Waals surface area contributed by atoms with Crippen LogP contribution in [0.4, 0.5) is 11.4 Å². The minimum atomic E-state index is -0.286. The SMILES string of the molecule is CCOC1CSc2c(N)cc(OC)c(N)c2O1. The zero-order valence-electron chi connectivity index (χ0n) is 9.86. The number of hydrogen-bond acceptors (Lipinski definition) is 6. The topological polar surface area (TPSA) is 79.7 Å². The number of hydrogen-bond donors (Lipinski definition) is 2. The highest BCUT2D eigenvalue weighted by atomic mass is 32.2. The van der Waals surface area contributed by atoms with Crippen LogP contribution in [-0.2, 0) is 4.74 Å². The first-order chi connectivity index (χ1) is 8.17. The van der Waals surface area contributed by atoms with E-state index in [0.717, 1.165) is 4.90 Å². The Morgan fingerprint density at radius 1 is 1.53 bits per heavy atom. The first-order valence-corrected chi connectivity index (χ1v) is 6.33. The van der Waals surface area contributed by atoms with Gasteiger partial charge in [-0.3, -0.25) is 0 Å². The molecule has 1 aromatic rings. The molecule has 4 N–H and O–H groups in total. The third kappa shape index (κ3) is 2.23. The Balaban J connectivity index is 2.37. The van der Waals surface area contributed by atoms with Gasteiger partial charge >= 0.3 is 0 Å². The number of thioether (sulfide) groups is 1. The van der Waals surface area contributed by atoms with Crippen LogP contribution in [0, 0.1) is 0 Å². The van der Waals surface area contributed by atoms with Gasteiger partial charge in [-0.25, -0.2) is 0 Å². The number of rotatable bonds is 3. The van der Waals surface area contributed by atoms with Gasteiger partial charge in [-0.2, -0.15) is 0 Å². The number of nitrogen functional groups attached to an aromatic ring is 2. The minimum Gasteiger partial charge on any atom is -0.494 e. The van der Waals surface area contributed by atoms with Crippen molar-refractivity contribution >= 4 is 23.1 Å². The maximum atomic E-state index is 5.97. The van der Waals surface area contributed by atoms with Crippen molar-refractivity contribution in [3.63, 3.8) is 0 Å². The van der Waals surface area contributed by atoms with Crippen LogP contribution in [0.15, 0.2) is 11.0 Å². The largest absolute Gasteiger partial charge is 0.494 e. The van der Waals surface area contributed by atoms with Gasteiger partial charge < -0.3 is 25.7 Å². The van der Waals surface area contributed by atoms with E-state index in [1.165, 1.54) is 0 Å². The van der Waals surface area contributed by atoms with Crippen molar-refractivity contribution < 1.29 is 14.2 Å². The average Bonchev–Trinajstić information content (AvgIpc) is 2.34. The van der Waals surface area contributed by atoms with E-state index in [1.54, 1.807) is 24.9 Å². The molecule has 0 radical (unpaired) electrons. The van der Waals surface area contributed by atoms with Gasteiger partial charge in [-0.05, 0) is 6.92 Å². The Hall–Kier alpha value is -1.27. The molecule has 5 nitrogen and oxygen atoms in total. The Bertz CT molecular complexity index is 426. The zero-order chi connectivity index (χ0) is 12.4. The van der Waals surface area contributed by atoms with Crippen molar-refractivity contribution in [2.24, 2.45) is 0 Å². The first-order valence-electron chi connectivity index (χ1n) is 5.34. The van der Waals surface area contributed by atoms with Gasteiger partial charge in [0.1, 0.15) is 11.4 Å². The number of benzene rings is 1. The predicted octanol–water partition coefficient (Wildman–Crippen LogP) is 1.71. The number of anilines is 2. The lowest BCUT2D eigenvalue weighted by atomic mass is 10.2. The molecule has 1 aromatic carbocycles. The van der Waals surface area contributed by atoms with Gasteiger partial charge in [-0.1, -0.05) is 0 Å². The molecule has 0 aliphatic carbocycles. The molecule has 1 heterocycles. The van der Waals surface area contributed by atoms with Gasteiger partial charge in [0.05, 0.1) is 23.4 Å². The molecule has 17 heavy (non-hydrogen) atoms. The van der Waals surface area contributed by atoms with Crippen LogP contribution in [0.3, 0.4) is 0 Å². The maximum absolute atomic E-state index is 5.97. The van der Waals surface area contributed by atoms with Crippen molar-refractivity contribution in [1.29, 1.82) is 0 Å². The second-order valence-electron chi connectivity index (χ2n) is 3.55. The summed E-state index contributed by atoms with van der Waals surface area (Å²) in [6, 6.07) is 1.71. The number of methoxy groups -OCH3 is 1. The fourth-order valence-corrected chi connectivity index (χ4v) is 2.65. The molecule has 1 aliphatic rings. The van der Waals surface area contributed by atoms with E-state index < -0.39 is 0 Å². The van der Waals surface area contributed by atoms with E-state index in [2.05, 4.69) is 0 Å². The van der Waals surface area contributed by atoms with E-state index in [9.17, 15) is 0 Å². The molecule has 6 heteroatoms. The second kappa shape index (κ2) is 4.93. The van der Waals surface area contributed by atoms with Gasteiger partial charge in [0.15, 0.2) is 5.75 Å². The highest BCUT2D eigenvalue weighted by molar-refractivity contribution is 7.99. The normalized spacial score (nSPS) is 18.4. The average molecular weight is 256 g/mol. The van der Waals surface area contributed by atoms with Crippen molar-refractivity contribution in [2.45, 2.75) is 18.1 Å². The highest BCUT2D eigenvalue weighted by Crippen LogP contribution is 2.47. The second-order valence-corrected chi connectivity index (χ2v) is 4.58. The summed E-state index contributed by atoms with van der Waals surface area (Å²) in [4.78, 5) is 0.860. The van der Waals surface area contributed by atoms with Gasteiger partial charge in [0.2, 0.25) is 6.29 Å². The number of fused-ring (bicyclic) bond motifs is 1. The fraction of sp³-hybridized carbons (Fsp3) is 0.455. The molecule has 2 rings (SSSR count). The summed E-state index contributed by atoms with van der Waals surface area (Å²) in [5, 5.41) is 0. The Morgan fingerprint density at radius 2 is 2.29 bits per heavy atom. The molecule has 1 atom stereocenters. The maximum Gasteiger partial charge on any atom is 0.209 e. The van der Waals surface area contributed by atoms with Crippen LogP contribution in [0.25, 0.3) is 0 Å². The summed E-state index contributed by atoms with van der Waals surface area (Å²) in [5.74, 6) is 1.80. The lowest BCUT2D eigenvalue weighted by Crippen LogP contribution is -2.27. The van der Waals surface area contributed by atoms with Crippen molar-refractivity contribution in [1.82, 2.24) is 0 Å². The summed E-state index contributed by atoms with van der Waals surface area (Å²) < 4.78 is 16.3. The van der Waals surface area contributed by atoms with Crippen LogP contribution in [-0.4, -0.2) is 25.8 Å². The van der Waals surface area contributed by atoms with E-state index in [1.807, 2.05) is 6.92 Å². The Labute approximate surface area is 104 Å². The molecule has 0 bridgehead atoms. The monoisotopic (exact) mass is 256 g/mol. The summed E-state index contributed by atoms with van der Waals surface area (Å²) >= 11 is 1.59. The van der Waals surface area contributed by atoms with E-state index >= 15 is 0 Å². The lowest BCUT2D eigenvalue weighted by molar-refractivity contribution is -0.0609. The lowest BCUT2D eigenvalue weighted by Gasteiger charge is -2.27. The third-order valence-corrected chi connectivity index (χ3v) is 3.60. The third-order valence-electron chi connectivity index (χ3n) is 2.45. The summed E-state index contributed by atoms with van der Waals surface area (Å²) in [6.07, 6.45) is -0.286. The van der Waals surface area contributed by atoms with Crippen LogP contribution >= 0.6 is 11.8 Å². The van der Waals surface area contributed by atoms with Crippen molar-refractivity contribution in [3.8, 4) is 11.5 Å². The standard InChI is InChI=1S/C11H16N2O3S/c1-3-15-8-5-17-11-6(12)4-7(14-2)9(13)10(11)16-8/h4,8H,3,5,12-13H2,1-2H3. The molecule has 1 aliphatic heterocycles. The minimum absolute atomic E-state index is 0.286. The van der Waals surface area contributed by atoms with Crippen LogP contribution < -0.4 is 20.9 Å². The molecule has 0 saturated heterocycles. The molecule has 0 amide bonds. The van der Waals surface area contributed by atoms with Gasteiger partial charge in [-0.15, -0.1) is 11.8 Å². The molecule has 0 fully saturated rings. The quantitative estimate of drug-likeness (QED) is 0.801. The van der Waals surface area contributed by atoms with Crippen LogP contribution in [0.2, 0.25) is 0 Å². The zero-order valence-corrected chi connectivity index (χ0v) is 10.7. The first kappa shape index (κ1) is 12.2. The van der Waals surface area contributed by atoms with E-state index in [-0.39, 0.29) is 6.29 Å². The number of nitrogens with two attached hydrogens (primary N) is 2. The predicted molar refractivity (Wildman–Crippen MR) is 68.6 cm³/mol. The Morgan fingerprint density at radius 3 is 2.94 bits per heavy atom. The van der Waals surface area contributed by atoms with Gasteiger partial charge in [0.25, 0.3) is 0 Å². The molecule has 94 valence electrons. The summed E-state index contributed by atoms with van der Waals surface area (Å²) in [7, 11) is 1.55. The van der Waals surface area contributed by atoms with Crippen LogP contribution in [0.5, 0.6) is 11.5 Å². The van der Waals surface area contributed by atoms with E-state index in [0.29, 0.717) is 35.2 Å². The van der Waals surface area contributed by atoms with Gasteiger partial charge in [0, 0.05) is 12.7 Å². The number of ether oxygens (including phenoxy) is 3. The van der Waals surface area contributed by atoms with Crippen molar-refractivity contribution in [2.75, 3.05) is 30.9 Å². The summed E-state index contributed by atoms with van der Waals surface area (Å²) in [5.41, 5.74) is 13.0. The molecular formula is C11H16N2O3S. The smallest absolute Gasteiger partial charge is 0.209 e. The van der Waals surface area contributed by atoms with Crippen molar-refractivity contribution in [3.05, 3.63) is 6.07 Å². The highest BCUT2D eigenvalue weighted by Gasteiger charge is 2.26. The molecule has 0 spiro atoms. The van der Waals surface area contributed by atoms with E-state index in [4.69, 9.17) is 25.7 Å². The molecule has 0 saturated carbocycles. The Kier molecular flexibility index (Phi) is 3.54. The molecule has 0 aromatic heterocycles. The molecule has 1 unspecified atom stereocenters.